The van der Waals surface area contributed by atoms with Gasteiger partial charge >= 0.3 is 5.97 Å². The Hall–Kier alpha value is -1.50. The minimum Gasteiger partial charge on any atom is -0.481 e. The molecule has 104 valence electrons. The Balaban J connectivity index is 2.70. The molecule has 2 rings (SSSR count). The molecule has 0 spiro atoms. The van der Waals surface area contributed by atoms with Crippen molar-refractivity contribution in [1.29, 1.82) is 0 Å². The lowest BCUT2D eigenvalue weighted by Crippen LogP contribution is -2.43. The van der Waals surface area contributed by atoms with Gasteiger partial charge in [0.1, 0.15) is 0 Å². The van der Waals surface area contributed by atoms with Crippen LogP contribution in [0.1, 0.15) is 24.8 Å². The number of hydrogen-bond acceptors (Lipinski definition) is 3. The predicted octanol–water partition coefficient (Wildman–Crippen LogP) is 1.87. The van der Waals surface area contributed by atoms with Gasteiger partial charge in [-0.3, -0.25) is 4.79 Å². The van der Waals surface area contributed by atoms with E-state index < -0.39 is 37.8 Å². The van der Waals surface area contributed by atoms with Crippen LogP contribution in [0, 0.1) is 11.6 Å². The van der Waals surface area contributed by atoms with Gasteiger partial charge in [-0.25, -0.2) is 17.2 Å². The molecule has 0 bridgehead atoms. The van der Waals surface area contributed by atoms with Crippen LogP contribution in [0.2, 0.25) is 0 Å². The molecule has 1 aromatic rings. The summed E-state index contributed by atoms with van der Waals surface area (Å²) in [4.78, 5) is 10.9. The molecule has 1 aliphatic rings. The van der Waals surface area contributed by atoms with E-state index in [-0.39, 0.29) is 18.4 Å². The van der Waals surface area contributed by atoms with E-state index in [0.717, 1.165) is 12.3 Å². The van der Waals surface area contributed by atoms with Gasteiger partial charge < -0.3 is 5.11 Å². The molecule has 1 aliphatic carbocycles. The molecule has 0 unspecified atom stereocenters. The summed E-state index contributed by atoms with van der Waals surface area (Å²) in [6.45, 7) is 0. The van der Waals surface area contributed by atoms with Crippen LogP contribution >= 0.6 is 0 Å². The Bertz CT molecular complexity index is 648. The summed E-state index contributed by atoms with van der Waals surface area (Å²) >= 11 is 0. The molecule has 0 atom stereocenters. The van der Waals surface area contributed by atoms with E-state index in [4.69, 9.17) is 0 Å². The van der Waals surface area contributed by atoms with Crippen LogP contribution in [0.15, 0.2) is 17.0 Å². The van der Waals surface area contributed by atoms with Crippen LogP contribution in [-0.4, -0.2) is 25.7 Å². The summed E-state index contributed by atoms with van der Waals surface area (Å²) in [5.41, 5.74) is -1.89. The fourth-order valence-corrected chi connectivity index (χ4v) is 2.90. The number of carbonyl (C=O) groups is 1. The number of rotatable bonds is 3. The predicted molar refractivity (Wildman–Crippen MR) is 62.6 cm³/mol. The van der Waals surface area contributed by atoms with Crippen molar-refractivity contribution >= 4 is 15.8 Å². The van der Waals surface area contributed by atoms with E-state index in [2.05, 4.69) is 0 Å². The number of aliphatic carboxylic acids is 1. The molecule has 19 heavy (non-hydrogen) atoms. The van der Waals surface area contributed by atoms with Crippen LogP contribution in [0.5, 0.6) is 0 Å². The molecule has 7 heteroatoms. The minimum atomic E-state index is -3.73. The smallest absolute Gasteiger partial charge is 0.314 e. The highest BCUT2D eigenvalue weighted by Crippen LogP contribution is 2.45. The molecule has 1 saturated carbocycles. The van der Waals surface area contributed by atoms with Crippen LogP contribution in [0.4, 0.5) is 8.78 Å². The summed E-state index contributed by atoms with van der Waals surface area (Å²) in [7, 11) is -3.73. The van der Waals surface area contributed by atoms with Crippen LogP contribution in [0.25, 0.3) is 0 Å². The number of carboxylic acids is 1. The highest BCUT2D eigenvalue weighted by Gasteiger charge is 2.48. The number of halogens is 2. The van der Waals surface area contributed by atoms with Crippen molar-refractivity contribution in [3.05, 3.63) is 29.3 Å². The number of sulfone groups is 1. The van der Waals surface area contributed by atoms with Crippen molar-refractivity contribution < 1.29 is 27.1 Å². The molecular formula is C12H12F2O4S. The summed E-state index contributed by atoms with van der Waals surface area (Å²) in [6, 6.07) is 1.50. The summed E-state index contributed by atoms with van der Waals surface area (Å²) in [5, 5.41) is 9.21. The maximum absolute atomic E-state index is 13.8. The molecule has 4 nitrogen and oxygen atoms in total. The third kappa shape index (κ3) is 2.11. The average Bonchev–Trinajstić information content (AvgIpc) is 2.20. The Kier molecular flexibility index (Phi) is 3.12. The van der Waals surface area contributed by atoms with Gasteiger partial charge in [-0.1, -0.05) is 6.42 Å². The number of benzene rings is 1. The van der Waals surface area contributed by atoms with E-state index in [0.29, 0.717) is 12.5 Å². The Labute approximate surface area is 109 Å². The van der Waals surface area contributed by atoms with Gasteiger partial charge in [0.15, 0.2) is 21.5 Å². The molecule has 0 aliphatic heterocycles. The van der Waals surface area contributed by atoms with Crippen molar-refractivity contribution in [3.63, 3.8) is 0 Å². The maximum atomic E-state index is 13.8. The topological polar surface area (TPSA) is 71.4 Å². The first-order valence-electron chi connectivity index (χ1n) is 5.61. The van der Waals surface area contributed by atoms with Gasteiger partial charge in [-0.05, 0) is 25.0 Å². The van der Waals surface area contributed by atoms with Gasteiger partial charge in [-0.15, -0.1) is 0 Å². The number of carboxylic acid groups (broad SMARTS) is 1. The first kappa shape index (κ1) is 13.9. The zero-order valence-corrected chi connectivity index (χ0v) is 10.9. The van der Waals surface area contributed by atoms with Crippen molar-refractivity contribution in [2.45, 2.75) is 29.6 Å². The SMILES string of the molecule is CS(=O)(=O)c1cc(F)c(F)c(C2(C(=O)O)CCC2)c1. The van der Waals surface area contributed by atoms with Gasteiger partial charge in [-0.2, -0.15) is 0 Å². The van der Waals surface area contributed by atoms with Gasteiger partial charge in [0.05, 0.1) is 10.3 Å². The maximum Gasteiger partial charge on any atom is 0.314 e. The highest BCUT2D eigenvalue weighted by molar-refractivity contribution is 7.90. The molecular weight excluding hydrogens is 278 g/mol. The summed E-state index contributed by atoms with van der Waals surface area (Å²) in [5.74, 6) is -3.89. The van der Waals surface area contributed by atoms with Gasteiger partial charge in [0, 0.05) is 11.8 Å². The minimum absolute atomic E-state index is 0.173. The second kappa shape index (κ2) is 4.26. The van der Waals surface area contributed by atoms with E-state index in [9.17, 15) is 27.1 Å². The van der Waals surface area contributed by atoms with Crippen molar-refractivity contribution in [2.24, 2.45) is 0 Å². The molecule has 1 N–H and O–H groups in total. The third-order valence-electron chi connectivity index (χ3n) is 3.56. The second-order valence-electron chi connectivity index (χ2n) is 4.78. The first-order chi connectivity index (χ1) is 8.68. The van der Waals surface area contributed by atoms with Crippen LogP contribution in [0.3, 0.4) is 0 Å². The Morgan fingerprint density at radius 2 is 1.89 bits per heavy atom. The Morgan fingerprint density at radius 1 is 1.32 bits per heavy atom. The number of hydrogen-bond donors (Lipinski definition) is 1. The fraction of sp³-hybridized carbons (Fsp3) is 0.417. The van der Waals surface area contributed by atoms with E-state index >= 15 is 0 Å². The zero-order chi connectivity index (χ0) is 14.4. The third-order valence-corrected chi connectivity index (χ3v) is 4.65. The molecule has 0 saturated heterocycles. The lowest BCUT2D eigenvalue weighted by atomic mass is 9.64. The molecule has 0 heterocycles. The highest BCUT2D eigenvalue weighted by atomic mass is 32.2. The van der Waals surface area contributed by atoms with Crippen molar-refractivity contribution in [3.8, 4) is 0 Å². The molecule has 0 aromatic heterocycles. The second-order valence-corrected chi connectivity index (χ2v) is 6.80. The standard InChI is InChI=1S/C12H12F2O4S/c1-19(17,18)7-5-8(10(14)9(13)6-7)12(11(15)16)3-2-4-12/h5-6H,2-4H2,1H3,(H,15,16). The lowest BCUT2D eigenvalue weighted by Gasteiger charge is -2.38. The fourth-order valence-electron chi connectivity index (χ4n) is 2.26. The van der Waals surface area contributed by atoms with E-state index in [1.165, 1.54) is 0 Å². The van der Waals surface area contributed by atoms with Gasteiger partial charge in [0.2, 0.25) is 0 Å². The largest absolute Gasteiger partial charge is 0.481 e. The monoisotopic (exact) mass is 290 g/mol. The normalized spacial score (nSPS) is 17.8. The van der Waals surface area contributed by atoms with Crippen LogP contribution < -0.4 is 0 Å². The Morgan fingerprint density at radius 3 is 2.26 bits per heavy atom. The van der Waals surface area contributed by atoms with Crippen molar-refractivity contribution in [1.82, 2.24) is 0 Å². The summed E-state index contributed by atoms with van der Waals surface area (Å²) in [6.07, 6.45) is 1.78. The lowest BCUT2D eigenvalue weighted by molar-refractivity contribution is -0.147. The molecule has 0 amide bonds. The van der Waals surface area contributed by atoms with E-state index in [1.807, 2.05) is 0 Å². The molecule has 1 aromatic carbocycles. The zero-order valence-electron chi connectivity index (χ0n) is 10.1. The van der Waals surface area contributed by atoms with E-state index in [1.54, 1.807) is 0 Å². The quantitative estimate of drug-likeness (QED) is 0.863. The van der Waals surface area contributed by atoms with Crippen LogP contribution in [-0.2, 0) is 20.0 Å². The van der Waals surface area contributed by atoms with Gasteiger partial charge in [0.25, 0.3) is 0 Å². The average molecular weight is 290 g/mol. The molecule has 0 radical (unpaired) electrons. The summed E-state index contributed by atoms with van der Waals surface area (Å²) < 4.78 is 50.1. The molecule has 1 fully saturated rings. The van der Waals surface area contributed by atoms with Crippen molar-refractivity contribution in [2.75, 3.05) is 6.26 Å². The first-order valence-corrected chi connectivity index (χ1v) is 7.50.